The third-order valence-electron chi connectivity index (χ3n) is 5.82. The molecule has 1 aliphatic rings. The van der Waals surface area contributed by atoms with Crippen molar-refractivity contribution >= 4 is 11.4 Å². The molecule has 0 bridgehead atoms. The lowest BCUT2D eigenvalue weighted by Crippen LogP contribution is -2.57. The highest BCUT2D eigenvalue weighted by Crippen LogP contribution is 2.48. The predicted molar refractivity (Wildman–Crippen MR) is 121 cm³/mol. The van der Waals surface area contributed by atoms with Gasteiger partial charge in [0, 0.05) is 28.9 Å². The third kappa shape index (κ3) is 4.01. The van der Waals surface area contributed by atoms with Gasteiger partial charge >= 0.3 is 5.69 Å². The van der Waals surface area contributed by atoms with Crippen molar-refractivity contribution in [3.8, 4) is 22.7 Å². The van der Waals surface area contributed by atoms with E-state index in [-0.39, 0.29) is 28.4 Å². The van der Waals surface area contributed by atoms with E-state index in [1.807, 2.05) is 0 Å². The first-order valence-corrected chi connectivity index (χ1v) is 10.4. The van der Waals surface area contributed by atoms with E-state index >= 15 is 0 Å². The molecule has 1 saturated heterocycles. The van der Waals surface area contributed by atoms with Crippen LogP contribution >= 0.6 is 0 Å². The molecule has 1 fully saturated rings. The molecule has 0 saturated carbocycles. The summed E-state index contributed by atoms with van der Waals surface area (Å²) in [6.07, 6.45) is 5.62. The predicted octanol–water partition coefficient (Wildman–Crippen LogP) is 3.55. The van der Waals surface area contributed by atoms with E-state index in [9.17, 15) is 15.2 Å². The molecule has 3 heterocycles. The van der Waals surface area contributed by atoms with Crippen molar-refractivity contribution < 1.29 is 10.0 Å². The highest BCUT2D eigenvalue weighted by molar-refractivity contribution is 5.85. The molecule has 1 aromatic carbocycles. The zero-order valence-corrected chi connectivity index (χ0v) is 18.5. The van der Waals surface area contributed by atoms with Gasteiger partial charge in [0.2, 0.25) is 0 Å². The second-order valence-electron chi connectivity index (χ2n) is 9.62. The smallest absolute Gasteiger partial charge is 0.307 e. The number of phenols is 1. The number of nitrogens with two attached hydrogens (primary N) is 1. The molecular weight excluding hydrogens is 410 g/mol. The Morgan fingerprint density at radius 2 is 1.97 bits per heavy atom. The number of benzene rings is 1. The van der Waals surface area contributed by atoms with Gasteiger partial charge in [0.05, 0.1) is 27.6 Å². The van der Waals surface area contributed by atoms with Crippen LogP contribution in [-0.2, 0) is 0 Å². The van der Waals surface area contributed by atoms with Gasteiger partial charge in [-0.1, -0.05) is 0 Å². The Morgan fingerprint density at radius 3 is 2.53 bits per heavy atom. The lowest BCUT2D eigenvalue weighted by atomic mass is 9.72. The maximum absolute atomic E-state index is 11.2. The fraction of sp³-hybridized carbons (Fsp3) is 0.409. The lowest BCUT2D eigenvalue weighted by molar-refractivity contribution is -0.384. The fourth-order valence-corrected chi connectivity index (χ4v) is 5.08. The first-order valence-electron chi connectivity index (χ1n) is 10.4. The van der Waals surface area contributed by atoms with E-state index in [1.54, 1.807) is 24.4 Å². The van der Waals surface area contributed by atoms with Crippen molar-refractivity contribution in [1.29, 1.82) is 0 Å². The second-order valence-corrected chi connectivity index (χ2v) is 9.62. The standard InChI is InChI=1S/C22H27N7O3/c1-21(2)9-13(10-22(3,4)27-21)18-16(28-12-14(11-25-28)29(31)32)8-17(30)19(20(18)23)15-6-5-7-24-26-15/h5-8,11-13,27,30H,9-10,23H2,1-4H3. The quantitative estimate of drug-likeness (QED) is 0.319. The number of piperidine rings is 1. The van der Waals surface area contributed by atoms with Crippen LogP contribution in [0.15, 0.2) is 36.8 Å². The van der Waals surface area contributed by atoms with Gasteiger partial charge in [-0.15, -0.1) is 0 Å². The van der Waals surface area contributed by atoms with Gasteiger partial charge in [-0.2, -0.15) is 15.3 Å². The zero-order chi connectivity index (χ0) is 23.3. The average Bonchev–Trinajstić information content (AvgIpc) is 3.16. The SMILES string of the molecule is CC1(C)CC(c2c(-n3cc([N+](=O)[O-])cn3)cc(O)c(-c3cccnn3)c2N)CC(C)(C)N1. The first kappa shape index (κ1) is 21.7. The molecule has 10 heteroatoms. The van der Waals surface area contributed by atoms with Crippen LogP contribution in [0.1, 0.15) is 52.0 Å². The Hall–Kier alpha value is -3.53. The zero-order valence-electron chi connectivity index (χ0n) is 18.5. The number of nitrogens with zero attached hydrogens (tertiary/aromatic N) is 5. The number of nitro groups is 1. The molecule has 0 radical (unpaired) electrons. The molecule has 2 aromatic heterocycles. The van der Waals surface area contributed by atoms with Crippen molar-refractivity contribution in [3.63, 3.8) is 0 Å². The summed E-state index contributed by atoms with van der Waals surface area (Å²) in [7, 11) is 0. The molecule has 32 heavy (non-hydrogen) atoms. The van der Waals surface area contributed by atoms with Crippen LogP contribution in [0.4, 0.5) is 11.4 Å². The molecule has 1 aliphatic heterocycles. The topological polar surface area (TPSA) is 145 Å². The van der Waals surface area contributed by atoms with Crippen LogP contribution in [0.5, 0.6) is 5.75 Å². The Balaban J connectivity index is 1.97. The number of anilines is 1. The van der Waals surface area contributed by atoms with Gasteiger partial charge in [0.25, 0.3) is 0 Å². The van der Waals surface area contributed by atoms with Crippen LogP contribution < -0.4 is 11.1 Å². The summed E-state index contributed by atoms with van der Waals surface area (Å²) < 4.78 is 1.41. The van der Waals surface area contributed by atoms with Gasteiger partial charge in [0.15, 0.2) is 0 Å². The van der Waals surface area contributed by atoms with Crippen LogP contribution in [0.2, 0.25) is 0 Å². The average molecular weight is 438 g/mol. The third-order valence-corrected chi connectivity index (χ3v) is 5.82. The van der Waals surface area contributed by atoms with Crippen molar-refractivity contribution in [2.24, 2.45) is 0 Å². The van der Waals surface area contributed by atoms with E-state index < -0.39 is 4.92 Å². The summed E-state index contributed by atoms with van der Waals surface area (Å²) >= 11 is 0. The number of hydrogen-bond donors (Lipinski definition) is 3. The molecule has 4 rings (SSSR count). The summed E-state index contributed by atoms with van der Waals surface area (Å²) in [5, 5.41) is 38.0. The normalized spacial score (nSPS) is 17.9. The molecule has 0 unspecified atom stereocenters. The van der Waals surface area contributed by atoms with E-state index in [0.717, 1.165) is 18.4 Å². The molecule has 4 N–H and O–H groups in total. The first-order chi connectivity index (χ1) is 15.0. The number of phenolic OH excluding ortho intramolecular Hbond substituents is 1. The number of rotatable bonds is 4. The number of aromatic nitrogens is 4. The Kier molecular flexibility index (Phi) is 5.12. The monoisotopic (exact) mass is 437 g/mol. The number of aromatic hydroxyl groups is 1. The van der Waals surface area contributed by atoms with Gasteiger partial charge in [-0.3, -0.25) is 10.1 Å². The minimum absolute atomic E-state index is 0.00975. The summed E-state index contributed by atoms with van der Waals surface area (Å²) in [5.41, 5.74) is 8.74. The van der Waals surface area contributed by atoms with Crippen molar-refractivity contribution in [2.45, 2.75) is 57.5 Å². The Morgan fingerprint density at radius 1 is 1.28 bits per heavy atom. The Labute approximate surface area is 185 Å². The van der Waals surface area contributed by atoms with Crippen LogP contribution in [0.25, 0.3) is 16.9 Å². The van der Waals surface area contributed by atoms with Crippen molar-refractivity contribution in [2.75, 3.05) is 5.73 Å². The molecule has 0 amide bonds. The van der Waals surface area contributed by atoms with Crippen LogP contribution in [-0.4, -0.2) is 41.1 Å². The molecule has 0 spiro atoms. The molecule has 10 nitrogen and oxygen atoms in total. The summed E-state index contributed by atoms with van der Waals surface area (Å²) in [6, 6.07) is 5.01. The maximum atomic E-state index is 11.2. The number of nitrogens with one attached hydrogen (secondary N) is 1. The van der Waals surface area contributed by atoms with Gasteiger partial charge in [-0.05, 0) is 58.6 Å². The lowest BCUT2D eigenvalue weighted by Gasteiger charge is -2.47. The summed E-state index contributed by atoms with van der Waals surface area (Å²) in [5.74, 6) is -0.0807. The van der Waals surface area contributed by atoms with E-state index in [2.05, 4.69) is 48.3 Å². The van der Waals surface area contributed by atoms with Crippen molar-refractivity contribution in [3.05, 3.63) is 52.5 Å². The fourth-order valence-electron chi connectivity index (χ4n) is 5.08. The minimum atomic E-state index is -0.503. The largest absolute Gasteiger partial charge is 0.507 e. The van der Waals surface area contributed by atoms with Crippen LogP contribution in [0.3, 0.4) is 0 Å². The van der Waals surface area contributed by atoms with Gasteiger partial charge in [0.1, 0.15) is 18.1 Å². The molecular formula is C22H27N7O3. The van der Waals surface area contributed by atoms with Gasteiger partial charge in [-0.25, -0.2) is 4.68 Å². The minimum Gasteiger partial charge on any atom is -0.507 e. The maximum Gasteiger partial charge on any atom is 0.307 e. The second kappa shape index (κ2) is 7.56. The molecule has 0 atom stereocenters. The molecule has 168 valence electrons. The van der Waals surface area contributed by atoms with E-state index in [1.165, 1.54) is 17.1 Å². The summed E-state index contributed by atoms with van der Waals surface area (Å²) in [6.45, 7) is 8.55. The Bertz CT molecular complexity index is 1160. The van der Waals surface area contributed by atoms with Crippen LogP contribution in [0, 0.1) is 10.1 Å². The van der Waals surface area contributed by atoms with Crippen molar-refractivity contribution in [1.82, 2.24) is 25.3 Å². The number of hydrogen-bond acceptors (Lipinski definition) is 8. The molecule has 0 aliphatic carbocycles. The highest BCUT2D eigenvalue weighted by atomic mass is 16.6. The van der Waals surface area contributed by atoms with E-state index in [0.29, 0.717) is 22.6 Å². The van der Waals surface area contributed by atoms with Gasteiger partial charge < -0.3 is 16.2 Å². The highest BCUT2D eigenvalue weighted by Gasteiger charge is 2.40. The summed E-state index contributed by atoms with van der Waals surface area (Å²) in [4.78, 5) is 10.7. The molecule has 3 aromatic rings. The van der Waals surface area contributed by atoms with E-state index in [4.69, 9.17) is 5.73 Å². The number of nitrogen functional groups attached to an aromatic ring is 1.